The lowest BCUT2D eigenvalue weighted by molar-refractivity contribution is 0.236. The van der Waals surface area contributed by atoms with Crippen molar-refractivity contribution in [2.45, 2.75) is 59.3 Å². The van der Waals surface area contributed by atoms with Gasteiger partial charge in [0.2, 0.25) is 0 Å². The zero-order valence-electron chi connectivity index (χ0n) is 9.47. The van der Waals surface area contributed by atoms with Crippen molar-refractivity contribution < 1.29 is 0 Å². The van der Waals surface area contributed by atoms with E-state index < -0.39 is 0 Å². The second kappa shape index (κ2) is 3.29. The van der Waals surface area contributed by atoms with Crippen LogP contribution in [-0.4, -0.2) is 0 Å². The molecular formula is C13H24. The quantitative estimate of drug-likeness (QED) is 0.523. The Hall–Kier alpha value is 0. The molecule has 0 bridgehead atoms. The molecule has 2 fully saturated rings. The van der Waals surface area contributed by atoms with Crippen LogP contribution < -0.4 is 0 Å². The SMILES string of the molecule is CC(C)(C)C1CC2CCCCC2C1. The first-order chi connectivity index (χ1) is 6.07. The first-order valence-corrected chi connectivity index (χ1v) is 6.07. The van der Waals surface area contributed by atoms with Gasteiger partial charge in [-0.2, -0.15) is 0 Å². The first kappa shape index (κ1) is 9.55. The van der Waals surface area contributed by atoms with E-state index in [1.54, 1.807) is 0 Å². The summed E-state index contributed by atoms with van der Waals surface area (Å²) in [4.78, 5) is 0. The monoisotopic (exact) mass is 180 g/mol. The molecule has 0 spiro atoms. The van der Waals surface area contributed by atoms with E-state index in [0.29, 0.717) is 5.41 Å². The molecule has 2 saturated carbocycles. The van der Waals surface area contributed by atoms with Gasteiger partial charge in [-0.1, -0.05) is 46.5 Å². The lowest BCUT2D eigenvalue weighted by Crippen LogP contribution is -2.17. The Labute approximate surface area is 83.1 Å². The largest absolute Gasteiger partial charge is 0.0599 e. The summed E-state index contributed by atoms with van der Waals surface area (Å²) in [7, 11) is 0. The van der Waals surface area contributed by atoms with Crippen LogP contribution in [0.4, 0.5) is 0 Å². The molecule has 2 aliphatic carbocycles. The van der Waals surface area contributed by atoms with Crippen LogP contribution in [0.2, 0.25) is 0 Å². The topological polar surface area (TPSA) is 0 Å². The standard InChI is InChI=1S/C13H24/c1-13(2,3)12-8-10-6-4-5-7-11(10)9-12/h10-12H,4-9H2,1-3H3. The minimum atomic E-state index is 0.567. The Morgan fingerprint density at radius 2 is 1.31 bits per heavy atom. The average Bonchev–Trinajstić information content (AvgIpc) is 2.45. The van der Waals surface area contributed by atoms with Crippen LogP contribution in [0.1, 0.15) is 59.3 Å². The molecule has 2 unspecified atom stereocenters. The summed E-state index contributed by atoms with van der Waals surface area (Å²) in [5, 5.41) is 0. The van der Waals surface area contributed by atoms with Gasteiger partial charge in [0.15, 0.2) is 0 Å². The van der Waals surface area contributed by atoms with Gasteiger partial charge in [0.1, 0.15) is 0 Å². The number of fused-ring (bicyclic) bond motifs is 1. The van der Waals surface area contributed by atoms with Crippen molar-refractivity contribution in [1.82, 2.24) is 0 Å². The molecule has 2 atom stereocenters. The highest BCUT2D eigenvalue weighted by Gasteiger charge is 2.39. The maximum atomic E-state index is 2.43. The molecule has 0 amide bonds. The number of hydrogen-bond donors (Lipinski definition) is 0. The highest BCUT2D eigenvalue weighted by molar-refractivity contribution is 4.90. The van der Waals surface area contributed by atoms with E-state index in [2.05, 4.69) is 20.8 Å². The molecule has 0 aromatic rings. The van der Waals surface area contributed by atoms with Crippen molar-refractivity contribution in [2.24, 2.45) is 23.2 Å². The zero-order valence-corrected chi connectivity index (χ0v) is 9.47. The summed E-state index contributed by atoms with van der Waals surface area (Å²) in [5.41, 5.74) is 0.567. The van der Waals surface area contributed by atoms with E-state index in [-0.39, 0.29) is 0 Å². The Balaban J connectivity index is 1.99. The summed E-state index contributed by atoms with van der Waals surface area (Å²) < 4.78 is 0. The minimum absolute atomic E-state index is 0.567. The zero-order chi connectivity index (χ0) is 9.47. The Bertz CT molecular complexity index is 161. The summed E-state index contributed by atoms with van der Waals surface area (Å²) in [6, 6.07) is 0. The van der Waals surface area contributed by atoms with Crippen LogP contribution in [0.25, 0.3) is 0 Å². The van der Waals surface area contributed by atoms with Crippen LogP contribution in [0, 0.1) is 23.2 Å². The van der Waals surface area contributed by atoms with Crippen molar-refractivity contribution in [3.05, 3.63) is 0 Å². The summed E-state index contributed by atoms with van der Waals surface area (Å²) in [6.45, 7) is 7.28. The Kier molecular flexibility index (Phi) is 2.42. The maximum absolute atomic E-state index is 2.43. The molecule has 0 aliphatic heterocycles. The van der Waals surface area contributed by atoms with E-state index in [0.717, 1.165) is 17.8 Å². The van der Waals surface area contributed by atoms with Crippen molar-refractivity contribution in [1.29, 1.82) is 0 Å². The van der Waals surface area contributed by atoms with E-state index in [1.165, 1.54) is 38.5 Å². The van der Waals surface area contributed by atoms with Crippen LogP contribution in [0.15, 0.2) is 0 Å². The van der Waals surface area contributed by atoms with Gasteiger partial charge in [-0.05, 0) is 36.0 Å². The van der Waals surface area contributed by atoms with Crippen LogP contribution in [0.5, 0.6) is 0 Å². The third-order valence-electron chi connectivity index (χ3n) is 4.47. The van der Waals surface area contributed by atoms with Crippen LogP contribution in [0.3, 0.4) is 0 Å². The van der Waals surface area contributed by atoms with Gasteiger partial charge in [-0.25, -0.2) is 0 Å². The third kappa shape index (κ3) is 1.92. The van der Waals surface area contributed by atoms with Gasteiger partial charge in [0.05, 0.1) is 0 Å². The van der Waals surface area contributed by atoms with Gasteiger partial charge in [-0.15, -0.1) is 0 Å². The predicted molar refractivity (Wildman–Crippen MR) is 57.6 cm³/mol. The van der Waals surface area contributed by atoms with Crippen molar-refractivity contribution in [3.63, 3.8) is 0 Å². The molecule has 0 heterocycles. The summed E-state index contributed by atoms with van der Waals surface area (Å²) in [6.07, 6.45) is 9.17. The van der Waals surface area contributed by atoms with E-state index >= 15 is 0 Å². The second-order valence-electron chi connectivity index (χ2n) is 6.34. The van der Waals surface area contributed by atoms with Gasteiger partial charge in [-0.3, -0.25) is 0 Å². The average molecular weight is 180 g/mol. The van der Waals surface area contributed by atoms with Gasteiger partial charge >= 0.3 is 0 Å². The van der Waals surface area contributed by atoms with Gasteiger partial charge < -0.3 is 0 Å². The van der Waals surface area contributed by atoms with Crippen LogP contribution in [-0.2, 0) is 0 Å². The molecule has 0 nitrogen and oxygen atoms in total. The van der Waals surface area contributed by atoms with E-state index in [4.69, 9.17) is 0 Å². The fourth-order valence-corrected chi connectivity index (χ4v) is 3.44. The molecule has 0 heteroatoms. The number of rotatable bonds is 0. The van der Waals surface area contributed by atoms with Gasteiger partial charge in [0.25, 0.3) is 0 Å². The fraction of sp³-hybridized carbons (Fsp3) is 1.00. The molecule has 0 aromatic heterocycles. The molecular weight excluding hydrogens is 156 g/mol. The lowest BCUT2D eigenvalue weighted by atomic mass is 9.79. The highest BCUT2D eigenvalue weighted by Crippen LogP contribution is 2.50. The van der Waals surface area contributed by atoms with Crippen molar-refractivity contribution >= 4 is 0 Å². The molecule has 76 valence electrons. The van der Waals surface area contributed by atoms with Crippen molar-refractivity contribution in [2.75, 3.05) is 0 Å². The first-order valence-electron chi connectivity index (χ1n) is 6.07. The molecule has 13 heavy (non-hydrogen) atoms. The lowest BCUT2D eigenvalue weighted by Gasteiger charge is -2.26. The van der Waals surface area contributed by atoms with Crippen molar-refractivity contribution in [3.8, 4) is 0 Å². The molecule has 0 radical (unpaired) electrons. The second-order valence-corrected chi connectivity index (χ2v) is 6.34. The molecule has 0 saturated heterocycles. The molecule has 2 aliphatic rings. The van der Waals surface area contributed by atoms with E-state index in [9.17, 15) is 0 Å². The smallest absolute Gasteiger partial charge is 0.0354 e. The fourth-order valence-electron chi connectivity index (χ4n) is 3.44. The van der Waals surface area contributed by atoms with Gasteiger partial charge in [0, 0.05) is 0 Å². The summed E-state index contributed by atoms with van der Waals surface area (Å²) >= 11 is 0. The molecule has 2 rings (SSSR count). The molecule has 0 N–H and O–H groups in total. The third-order valence-corrected chi connectivity index (χ3v) is 4.47. The maximum Gasteiger partial charge on any atom is -0.0354 e. The normalized spacial score (nSPS) is 40.4. The highest BCUT2D eigenvalue weighted by atomic mass is 14.4. The van der Waals surface area contributed by atoms with Crippen LogP contribution >= 0.6 is 0 Å². The van der Waals surface area contributed by atoms with E-state index in [1.807, 2.05) is 0 Å². The minimum Gasteiger partial charge on any atom is -0.0599 e. The molecule has 0 aromatic carbocycles. The summed E-state index contributed by atoms with van der Waals surface area (Å²) in [5.74, 6) is 3.23. The Morgan fingerprint density at radius 1 is 0.846 bits per heavy atom. The Morgan fingerprint density at radius 3 is 1.69 bits per heavy atom. The predicted octanol–water partition coefficient (Wildman–Crippen LogP) is 4.25. The number of hydrogen-bond acceptors (Lipinski definition) is 0.